The maximum atomic E-state index is 6.00. The minimum absolute atomic E-state index is 0.527. The van der Waals surface area contributed by atoms with Gasteiger partial charge in [-0.3, -0.25) is 0 Å². The molecule has 25 heavy (non-hydrogen) atoms. The second kappa shape index (κ2) is 8.44. The molecule has 0 aliphatic carbocycles. The predicted molar refractivity (Wildman–Crippen MR) is 102 cm³/mol. The molecule has 3 aromatic rings. The molecule has 3 rings (SSSR count). The quantitative estimate of drug-likeness (QED) is 0.699. The van der Waals surface area contributed by atoms with Gasteiger partial charge in [-0.25, -0.2) is 0 Å². The molecule has 0 aliphatic heterocycles. The molecule has 0 atom stereocenters. The number of benzene rings is 2. The third kappa shape index (κ3) is 5.16. The zero-order valence-electron chi connectivity index (χ0n) is 14.1. The van der Waals surface area contributed by atoms with Crippen molar-refractivity contribution in [1.29, 1.82) is 0 Å². The average molecular weight is 354 g/mol. The first-order valence-electron chi connectivity index (χ1n) is 8.14. The van der Waals surface area contributed by atoms with E-state index >= 15 is 0 Å². The Morgan fingerprint density at radius 1 is 1.04 bits per heavy atom. The van der Waals surface area contributed by atoms with Crippen molar-refractivity contribution in [2.24, 2.45) is 0 Å². The first-order chi connectivity index (χ1) is 12.2. The van der Waals surface area contributed by atoms with Gasteiger partial charge in [0.2, 0.25) is 5.95 Å². The summed E-state index contributed by atoms with van der Waals surface area (Å²) < 4.78 is 0. The summed E-state index contributed by atoms with van der Waals surface area (Å²) in [5.74, 6) is 1.31. The maximum absolute atomic E-state index is 6.00. The molecule has 2 aromatic carbocycles. The molecular formula is C19H20ClN5. The van der Waals surface area contributed by atoms with Crippen LogP contribution in [-0.4, -0.2) is 28.8 Å². The SMILES string of the molecule is CN(Cc1ccccc1)c1cnnc(NCCc2cccc(Cl)c2)n1. The van der Waals surface area contributed by atoms with Crippen molar-refractivity contribution in [2.75, 3.05) is 23.8 Å². The lowest BCUT2D eigenvalue weighted by Crippen LogP contribution is -2.19. The zero-order chi connectivity index (χ0) is 17.5. The summed E-state index contributed by atoms with van der Waals surface area (Å²) >= 11 is 6.00. The first-order valence-corrected chi connectivity index (χ1v) is 8.51. The van der Waals surface area contributed by atoms with E-state index < -0.39 is 0 Å². The lowest BCUT2D eigenvalue weighted by molar-refractivity contribution is 0.856. The molecule has 0 saturated carbocycles. The molecule has 1 N–H and O–H groups in total. The Balaban J connectivity index is 1.57. The van der Waals surface area contributed by atoms with Gasteiger partial charge in [0.15, 0.2) is 5.82 Å². The van der Waals surface area contributed by atoms with Crippen molar-refractivity contribution in [3.63, 3.8) is 0 Å². The van der Waals surface area contributed by atoms with Crippen LogP contribution in [0.2, 0.25) is 5.02 Å². The van der Waals surface area contributed by atoms with Crippen molar-refractivity contribution >= 4 is 23.4 Å². The third-order valence-electron chi connectivity index (χ3n) is 3.79. The van der Waals surface area contributed by atoms with Gasteiger partial charge >= 0.3 is 0 Å². The number of rotatable bonds is 7. The molecular weight excluding hydrogens is 334 g/mol. The first kappa shape index (κ1) is 17.2. The molecule has 0 fully saturated rings. The van der Waals surface area contributed by atoms with Crippen LogP contribution in [0.4, 0.5) is 11.8 Å². The van der Waals surface area contributed by atoms with Crippen LogP contribution in [0.5, 0.6) is 0 Å². The van der Waals surface area contributed by atoms with Crippen LogP contribution < -0.4 is 10.2 Å². The summed E-state index contributed by atoms with van der Waals surface area (Å²) in [5, 5.41) is 12.1. The number of nitrogens with zero attached hydrogens (tertiary/aromatic N) is 4. The summed E-state index contributed by atoms with van der Waals surface area (Å²) in [6.45, 7) is 1.48. The molecule has 128 valence electrons. The lowest BCUT2D eigenvalue weighted by atomic mass is 10.1. The molecule has 5 nitrogen and oxygen atoms in total. The van der Waals surface area contributed by atoms with E-state index in [1.54, 1.807) is 6.20 Å². The fourth-order valence-corrected chi connectivity index (χ4v) is 2.72. The largest absolute Gasteiger partial charge is 0.354 e. The van der Waals surface area contributed by atoms with Gasteiger partial charge in [0, 0.05) is 25.2 Å². The van der Waals surface area contributed by atoms with Gasteiger partial charge in [0.1, 0.15) is 0 Å². The highest BCUT2D eigenvalue weighted by atomic mass is 35.5. The smallest absolute Gasteiger partial charge is 0.244 e. The van der Waals surface area contributed by atoms with E-state index in [0.29, 0.717) is 12.5 Å². The van der Waals surface area contributed by atoms with Gasteiger partial charge in [-0.15, -0.1) is 5.10 Å². The van der Waals surface area contributed by atoms with Crippen LogP contribution in [-0.2, 0) is 13.0 Å². The summed E-state index contributed by atoms with van der Waals surface area (Å²) in [6.07, 6.45) is 2.51. The third-order valence-corrected chi connectivity index (χ3v) is 4.02. The maximum Gasteiger partial charge on any atom is 0.244 e. The van der Waals surface area contributed by atoms with Gasteiger partial charge in [-0.05, 0) is 29.7 Å². The van der Waals surface area contributed by atoms with Crippen molar-refractivity contribution in [3.05, 3.63) is 76.9 Å². The number of nitrogens with one attached hydrogen (secondary N) is 1. The summed E-state index contributed by atoms with van der Waals surface area (Å²) in [7, 11) is 1.99. The van der Waals surface area contributed by atoms with Crippen molar-refractivity contribution in [3.8, 4) is 0 Å². The predicted octanol–water partition coefficient (Wildman–Crippen LogP) is 3.82. The van der Waals surface area contributed by atoms with E-state index in [9.17, 15) is 0 Å². The molecule has 0 radical (unpaired) electrons. The van der Waals surface area contributed by atoms with Crippen molar-refractivity contribution in [1.82, 2.24) is 15.2 Å². The Kier molecular flexibility index (Phi) is 5.80. The van der Waals surface area contributed by atoms with Crippen LogP contribution in [0.15, 0.2) is 60.8 Å². The van der Waals surface area contributed by atoms with Crippen LogP contribution in [0.25, 0.3) is 0 Å². The Morgan fingerprint density at radius 2 is 1.84 bits per heavy atom. The van der Waals surface area contributed by atoms with E-state index in [1.165, 1.54) is 11.1 Å². The monoisotopic (exact) mass is 353 g/mol. The van der Waals surface area contributed by atoms with E-state index in [1.807, 2.05) is 48.3 Å². The molecule has 6 heteroatoms. The second-order valence-electron chi connectivity index (χ2n) is 5.79. The van der Waals surface area contributed by atoms with Crippen LogP contribution >= 0.6 is 11.6 Å². The van der Waals surface area contributed by atoms with Gasteiger partial charge in [-0.2, -0.15) is 10.1 Å². The topological polar surface area (TPSA) is 53.9 Å². The van der Waals surface area contributed by atoms with Crippen molar-refractivity contribution < 1.29 is 0 Å². The van der Waals surface area contributed by atoms with Crippen LogP contribution in [0.3, 0.4) is 0 Å². The number of aromatic nitrogens is 3. The highest BCUT2D eigenvalue weighted by Crippen LogP contribution is 2.13. The number of hydrogen-bond donors (Lipinski definition) is 1. The van der Waals surface area contributed by atoms with E-state index in [4.69, 9.17) is 11.6 Å². The molecule has 1 aromatic heterocycles. The van der Waals surface area contributed by atoms with Crippen molar-refractivity contribution in [2.45, 2.75) is 13.0 Å². The normalized spacial score (nSPS) is 10.5. The number of anilines is 2. The van der Waals surface area contributed by atoms with Gasteiger partial charge in [0.05, 0.1) is 6.20 Å². The molecule has 0 amide bonds. The van der Waals surface area contributed by atoms with E-state index in [0.717, 1.165) is 23.8 Å². The van der Waals surface area contributed by atoms with Gasteiger partial charge in [0.25, 0.3) is 0 Å². The Labute approximate surface area is 152 Å². The Morgan fingerprint density at radius 3 is 2.64 bits per heavy atom. The Hall–Kier alpha value is -2.66. The molecule has 0 spiro atoms. The van der Waals surface area contributed by atoms with Gasteiger partial charge in [-0.1, -0.05) is 54.1 Å². The Bertz CT molecular complexity index is 810. The zero-order valence-corrected chi connectivity index (χ0v) is 14.8. The highest BCUT2D eigenvalue weighted by Gasteiger charge is 2.06. The molecule has 1 heterocycles. The minimum atomic E-state index is 0.527. The summed E-state index contributed by atoms with van der Waals surface area (Å²) in [6, 6.07) is 18.1. The van der Waals surface area contributed by atoms with Crippen LogP contribution in [0, 0.1) is 0 Å². The second-order valence-corrected chi connectivity index (χ2v) is 6.22. The van der Waals surface area contributed by atoms with E-state index in [-0.39, 0.29) is 0 Å². The fourth-order valence-electron chi connectivity index (χ4n) is 2.50. The highest BCUT2D eigenvalue weighted by molar-refractivity contribution is 6.30. The van der Waals surface area contributed by atoms with E-state index in [2.05, 4.69) is 38.7 Å². The summed E-state index contributed by atoms with van der Waals surface area (Å²) in [5.41, 5.74) is 2.39. The standard InChI is InChI=1S/C19H20ClN5/c1-25(14-16-6-3-2-4-7-16)18-13-22-24-19(23-18)21-11-10-15-8-5-9-17(20)12-15/h2-9,12-13H,10-11,14H2,1H3,(H,21,23,24). The molecule has 0 aliphatic rings. The molecule has 0 bridgehead atoms. The fraction of sp³-hybridized carbons (Fsp3) is 0.211. The summed E-state index contributed by atoms with van der Waals surface area (Å²) in [4.78, 5) is 6.58. The average Bonchev–Trinajstić information content (AvgIpc) is 2.63. The molecule has 0 unspecified atom stereocenters. The minimum Gasteiger partial charge on any atom is -0.354 e. The number of hydrogen-bond acceptors (Lipinski definition) is 5. The lowest BCUT2D eigenvalue weighted by Gasteiger charge is -2.18. The van der Waals surface area contributed by atoms with Gasteiger partial charge < -0.3 is 10.2 Å². The van der Waals surface area contributed by atoms with Crippen LogP contribution in [0.1, 0.15) is 11.1 Å². The number of halogens is 1. The molecule has 0 saturated heterocycles.